The first-order chi connectivity index (χ1) is 10.3. The van der Waals surface area contributed by atoms with Crippen molar-refractivity contribution in [3.8, 4) is 5.75 Å². The highest BCUT2D eigenvalue weighted by atomic mass is 19.1. The van der Waals surface area contributed by atoms with Gasteiger partial charge in [-0.2, -0.15) is 4.39 Å². The van der Waals surface area contributed by atoms with Gasteiger partial charge in [0, 0.05) is 5.56 Å². The summed E-state index contributed by atoms with van der Waals surface area (Å²) in [7, 11) is 0. The minimum atomic E-state index is -0.794. The lowest BCUT2D eigenvalue weighted by atomic mass is 10.0. The molecule has 1 N–H and O–H groups in total. The van der Waals surface area contributed by atoms with Crippen LogP contribution in [0.25, 0.3) is 6.08 Å². The van der Waals surface area contributed by atoms with Gasteiger partial charge in [-0.05, 0) is 39.8 Å². The van der Waals surface area contributed by atoms with Crippen molar-refractivity contribution in [1.82, 2.24) is 10.3 Å². The second-order valence-corrected chi connectivity index (χ2v) is 6.18. The summed E-state index contributed by atoms with van der Waals surface area (Å²) in [6.45, 7) is 9.74. The molecule has 6 heteroatoms. The van der Waals surface area contributed by atoms with Gasteiger partial charge < -0.3 is 14.8 Å². The molecule has 22 heavy (non-hydrogen) atoms. The molecule has 1 unspecified atom stereocenters. The van der Waals surface area contributed by atoms with Gasteiger partial charge in [-0.25, -0.2) is 9.78 Å². The topological polar surface area (TPSA) is 60.5 Å². The van der Waals surface area contributed by atoms with Gasteiger partial charge in [0.25, 0.3) is 0 Å². The first-order valence-corrected chi connectivity index (χ1v) is 7.21. The Balaban J connectivity index is 2.16. The fourth-order valence-corrected chi connectivity index (χ4v) is 2.02. The Morgan fingerprint density at radius 2 is 2.27 bits per heavy atom. The average molecular weight is 308 g/mol. The van der Waals surface area contributed by atoms with E-state index in [0.29, 0.717) is 5.75 Å². The van der Waals surface area contributed by atoms with Crippen molar-refractivity contribution in [2.45, 2.75) is 44.9 Å². The van der Waals surface area contributed by atoms with Crippen molar-refractivity contribution in [1.29, 1.82) is 0 Å². The maximum absolute atomic E-state index is 13.4. The van der Waals surface area contributed by atoms with Gasteiger partial charge in [0.15, 0.2) is 0 Å². The molecular weight excluding hydrogens is 287 g/mol. The molecule has 2 atom stereocenters. The lowest BCUT2D eigenvalue weighted by Crippen LogP contribution is -2.57. The maximum atomic E-state index is 13.4. The van der Waals surface area contributed by atoms with Crippen molar-refractivity contribution in [2.75, 3.05) is 6.54 Å². The summed E-state index contributed by atoms with van der Waals surface area (Å²) in [6.07, 6.45) is 2.61. The standard InChI is InChI=1S/C16H21FN2O3/c1-5-10-8-11(9-19-14(10)17)21-13(12-6-7-18-12)15(20)22-16(2,3)4/h5,8-9,12-13,18H,1,6-7H2,2-4H3/t12-,13?/m0/s1. The number of hydrogen-bond acceptors (Lipinski definition) is 5. The van der Waals surface area contributed by atoms with E-state index in [0.717, 1.165) is 13.0 Å². The third-order valence-corrected chi connectivity index (χ3v) is 3.19. The summed E-state index contributed by atoms with van der Waals surface area (Å²) in [4.78, 5) is 15.9. The lowest BCUT2D eigenvalue weighted by Gasteiger charge is -2.35. The minimum absolute atomic E-state index is 0.118. The number of rotatable bonds is 5. The first kappa shape index (κ1) is 16.4. The number of nitrogens with zero attached hydrogens (tertiary/aromatic N) is 1. The van der Waals surface area contributed by atoms with Crippen LogP contribution < -0.4 is 10.1 Å². The first-order valence-electron chi connectivity index (χ1n) is 7.21. The second kappa shape index (κ2) is 6.44. The number of carbonyl (C=O) groups is 1. The van der Waals surface area contributed by atoms with Gasteiger partial charge in [0.05, 0.1) is 12.2 Å². The predicted octanol–water partition coefficient (Wildman–Crippen LogP) is 2.31. The quantitative estimate of drug-likeness (QED) is 0.668. The van der Waals surface area contributed by atoms with Crippen LogP contribution in [-0.2, 0) is 9.53 Å². The second-order valence-electron chi connectivity index (χ2n) is 6.18. The molecule has 5 nitrogen and oxygen atoms in total. The summed E-state index contributed by atoms with van der Waals surface area (Å²) in [5.74, 6) is -0.770. The van der Waals surface area contributed by atoms with Crippen LogP contribution in [0.1, 0.15) is 32.8 Å². The molecule has 2 rings (SSSR count). The van der Waals surface area contributed by atoms with Crippen LogP contribution in [0, 0.1) is 5.95 Å². The van der Waals surface area contributed by atoms with Gasteiger partial charge in [-0.15, -0.1) is 0 Å². The number of esters is 1. The SMILES string of the molecule is C=Cc1cc(OC(C(=O)OC(C)(C)C)[C@@H]2CCN2)cnc1F. The van der Waals surface area contributed by atoms with Crippen LogP contribution >= 0.6 is 0 Å². The molecule has 0 aromatic carbocycles. The third-order valence-electron chi connectivity index (χ3n) is 3.19. The Morgan fingerprint density at radius 1 is 1.59 bits per heavy atom. The maximum Gasteiger partial charge on any atom is 0.349 e. The van der Waals surface area contributed by atoms with Gasteiger partial charge in [-0.3, -0.25) is 0 Å². The van der Waals surface area contributed by atoms with E-state index in [-0.39, 0.29) is 11.6 Å². The summed E-state index contributed by atoms with van der Waals surface area (Å²) >= 11 is 0. The molecule has 1 aromatic rings. The highest BCUT2D eigenvalue weighted by Gasteiger charge is 2.37. The van der Waals surface area contributed by atoms with E-state index in [1.165, 1.54) is 18.3 Å². The fourth-order valence-electron chi connectivity index (χ4n) is 2.02. The van der Waals surface area contributed by atoms with Crippen molar-refractivity contribution in [3.05, 3.63) is 30.4 Å². The molecule has 0 amide bonds. The smallest absolute Gasteiger partial charge is 0.349 e. The Morgan fingerprint density at radius 3 is 2.77 bits per heavy atom. The van der Waals surface area contributed by atoms with Gasteiger partial charge in [0.1, 0.15) is 11.4 Å². The number of halogens is 1. The molecule has 120 valence electrons. The summed E-state index contributed by atoms with van der Waals surface area (Å²) in [5.41, 5.74) is -0.377. The Bertz CT molecular complexity index is 565. The normalized spacial score (nSPS) is 19.0. The van der Waals surface area contributed by atoms with Crippen LogP contribution in [0.4, 0.5) is 4.39 Å². The van der Waals surface area contributed by atoms with E-state index < -0.39 is 23.6 Å². The Kier molecular flexibility index (Phi) is 4.81. The molecule has 1 aliphatic rings. The number of aromatic nitrogens is 1. The van der Waals surface area contributed by atoms with Crippen LogP contribution in [0.2, 0.25) is 0 Å². The van der Waals surface area contributed by atoms with E-state index in [2.05, 4.69) is 16.9 Å². The number of pyridine rings is 1. The molecule has 0 radical (unpaired) electrons. The molecule has 0 saturated carbocycles. The lowest BCUT2D eigenvalue weighted by molar-refractivity contribution is -0.165. The number of nitrogens with one attached hydrogen (secondary N) is 1. The summed E-state index contributed by atoms with van der Waals surface area (Å²) in [6, 6.07) is 1.35. The molecule has 1 saturated heterocycles. The molecule has 0 bridgehead atoms. The number of carbonyl (C=O) groups excluding carboxylic acids is 1. The highest BCUT2D eigenvalue weighted by Crippen LogP contribution is 2.22. The van der Waals surface area contributed by atoms with E-state index >= 15 is 0 Å². The van der Waals surface area contributed by atoms with Crippen LogP contribution in [0.5, 0.6) is 5.75 Å². The monoisotopic (exact) mass is 308 g/mol. The Hall–Kier alpha value is -1.95. The van der Waals surface area contributed by atoms with Crippen LogP contribution in [0.3, 0.4) is 0 Å². The number of ether oxygens (including phenoxy) is 2. The largest absolute Gasteiger partial charge is 0.475 e. The van der Waals surface area contributed by atoms with Gasteiger partial charge in [0.2, 0.25) is 12.1 Å². The molecule has 0 spiro atoms. The zero-order valence-corrected chi connectivity index (χ0v) is 13.1. The van der Waals surface area contributed by atoms with Crippen molar-refractivity contribution in [3.63, 3.8) is 0 Å². The molecule has 1 aromatic heterocycles. The third kappa shape index (κ3) is 4.04. The van der Waals surface area contributed by atoms with Crippen molar-refractivity contribution >= 4 is 12.0 Å². The van der Waals surface area contributed by atoms with Crippen LogP contribution in [0.15, 0.2) is 18.8 Å². The Labute approximate surface area is 129 Å². The molecular formula is C16H21FN2O3. The van der Waals surface area contributed by atoms with Gasteiger partial charge in [-0.1, -0.05) is 12.7 Å². The summed E-state index contributed by atoms with van der Waals surface area (Å²) < 4.78 is 24.5. The van der Waals surface area contributed by atoms with E-state index in [1.807, 2.05) is 0 Å². The fraction of sp³-hybridized carbons (Fsp3) is 0.500. The highest BCUT2D eigenvalue weighted by molar-refractivity contribution is 5.76. The molecule has 1 aliphatic heterocycles. The predicted molar refractivity (Wildman–Crippen MR) is 81.0 cm³/mol. The van der Waals surface area contributed by atoms with E-state index in [1.54, 1.807) is 20.8 Å². The van der Waals surface area contributed by atoms with Gasteiger partial charge >= 0.3 is 5.97 Å². The van der Waals surface area contributed by atoms with Crippen molar-refractivity contribution in [2.24, 2.45) is 0 Å². The zero-order chi connectivity index (χ0) is 16.3. The molecule has 1 fully saturated rings. The van der Waals surface area contributed by atoms with Crippen molar-refractivity contribution < 1.29 is 18.7 Å². The van der Waals surface area contributed by atoms with Crippen LogP contribution in [-0.4, -0.2) is 35.2 Å². The number of hydrogen-bond donors (Lipinski definition) is 1. The summed E-state index contributed by atoms with van der Waals surface area (Å²) in [5, 5.41) is 3.13. The van der Waals surface area contributed by atoms with E-state index in [9.17, 15) is 9.18 Å². The zero-order valence-electron chi connectivity index (χ0n) is 13.1. The average Bonchev–Trinajstić information content (AvgIpc) is 2.36. The minimum Gasteiger partial charge on any atom is -0.475 e. The molecule has 2 heterocycles. The molecule has 0 aliphatic carbocycles. The van der Waals surface area contributed by atoms with E-state index in [4.69, 9.17) is 9.47 Å².